The summed E-state index contributed by atoms with van der Waals surface area (Å²) in [5, 5.41) is 19.1. The zero-order valence-electron chi connectivity index (χ0n) is 10.4. The average molecular weight is 304 g/mol. The van der Waals surface area contributed by atoms with E-state index in [0.29, 0.717) is 0 Å². The average Bonchev–Trinajstić information content (AvgIpc) is 2.36. The molecule has 0 bridgehead atoms. The molecule has 1 aromatic carbocycles. The van der Waals surface area contributed by atoms with Crippen molar-refractivity contribution in [3.05, 3.63) is 28.3 Å². The minimum Gasteiger partial charge on any atom is -0.495 e. The Morgan fingerprint density at radius 2 is 2.15 bits per heavy atom. The standard InChI is InChI=1S/C10H12N2O7S/c1-19-9-3-2-7(12(15)16)6-8(9)11-20(17,18)5-4-10(13)14/h2-3,6,11H,4-5H2,1H3,(H,13,14). The number of ether oxygens (including phenoxy) is 1. The summed E-state index contributed by atoms with van der Waals surface area (Å²) >= 11 is 0. The minimum absolute atomic E-state index is 0.0921. The number of aliphatic carboxylic acids is 1. The molecular formula is C10H12N2O7S. The van der Waals surface area contributed by atoms with Crippen molar-refractivity contribution in [2.75, 3.05) is 17.6 Å². The van der Waals surface area contributed by atoms with Crippen molar-refractivity contribution >= 4 is 27.4 Å². The first kappa shape index (κ1) is 15.7. The van der Waals surface area contributed by atoms with Gasteiger partial charge in [-0.3, -0.25) is 19.6 Å². The van der Waals surface area contributed by atoms with Crippen molar-refractivity contribution in [1.82, 2.24) is 0 Å². The fraction of sp³-hybridized carbons (Fsp3) is 0.300. The van der Waals surface area contributed by atoms with Gasteiger partial charge in [-0.1, -0.05) is 0 Å². The number of nitrogens with zero attached hydrogens (tertiary/aromatic N) is 1. The van der Waals surface area contributed by atoms with Gasteiger partial charge < -0.3 is 9.84 Å². The highest BCUT2D eigenvalue weighted by Gasteiger charge is 2.18. The van der Waals surface area contributed by atoms with E-state index in [9.17, 15) is 23.3 Å². The van der Waals surface area contributed by atoms with Gasteiger partial charge in [0.2, 0.25) is 10.0 Å². The van der Waals surface area contributed by atoms with E-state index >= 15 is 0 Å². The molecule has 0 spiro atoms. The number of anilines is 1. The molecule has 0 unspecified atom stereocenters. The maximum absolute atomic E-state index is 11.7. The molecule has 9 nitrogen and oxygen atoms in total. The van der Waals surface area contributed by atoms with Gasteiger partial charge in [0.1, 0.15) is 5.75 Å². The Kier molecular flexibility index (Phi) is 4.86. The number of nitro benzene ring substituents is 1. The number of carboxylic acids is 1. The molecule has 0 fully saturated rings. The SMILES string of the molecule is COc1ccc([N+](=O)[O-])cc1NS(=O)(=O)CCC(=O)O. The lowest BCUT2D eigenvalue weighted by molar-refractivity contribution is -0.384. The Morgan fingerprint density at radius 1 is 1.50 bits per heavy atom. The van der Waals surface area contributed by atoms with Crippen LogP contribution in [0.4, 0.5) is 11.4 Å². The van der Waals surface area contributed by atoms with E-state index in [2.05, 4.69) is 4.72 Å². The first-order valence-corrected chi connectivity index (χ1v) is 6.95. The summed E-state index contributed by atoms with van der Waals surface area (Å²) in [6, 6.07) is 3.40. The molecule has 1 rings (SSSR count). The summed E-state index contributed by atoms with van der Waals surface area (Å²) in [4.78, 5) is 20.3. The summed E-state index contributed by atoms with van der Waals surface area (Å²) in [5.74, 6) is -1.82. The Hall–Kier alpha value is -2.36. The maximum Gasteiger partial charge on any atom is 0.304 e. The van der Waals surface area contributed by atoms with E-state index in [0.717, 1.165) is 12.1 Å². The molecule has 0 radical (unpaired) electrons. The van der Waals surface area contributed by atoms with Gasteiger partial charge in [-0.15, -0.1) is 0 Å². The van der Waals surface area contributed by atoms with Gasteiger partial charge in [0.25, 0.3) is 5.69 Å². The second-order valence-corrected chi connectivity index (χ2v) is 5.55. The number of carbonyl (C=O) groups is 1. The smallest absolute Gasteiger partial charge is 0.304 e. The van der Waals surface area contributed by atoms with E-state index in [1.54, 1.807) is 0 Å². The van der Waals surface area contributed by atoms with E-state index < -0.39 is 33.1 Å². The maximum atomic E-state index is 11.7. The van der Waals surface area contributed by atoms with E-state index in [1.807, 2.05) is 0 Å². The van der Waals surface area contributed by atoms with Crippen LogP contribution in [0.1, 0.15) is 6.42 Å². The number of benzene rings is 1. The summed E-state index contributed by atoms with van der Waals surface area (Å²) in [5.41, 5.74) is -0.436. The van der Waals surface area contributed by atoms with Gasteiger partial charge >= 0.3 is 5.97 Å². The third-order valence-corrected chi connectivity index (χ3v) is 3.52. The molecule has 0 saturated heterocycles. The van der Waals surface area contributed by atoms with Crippen LogP contribution < -0.4 is 9.46 Å². The van der Waals surface area contributed by atoms with Gasteiger partial charge in [-0.2, -0.15) is 0 Å². The van der Waals surface area contributed by atoms with Crippen molar-refractivity contribution in [2.24, 2.45) is 0 Å². The van der Waals surface area contributed by atoms with Gasteiger partial charge in [-0.05, 0) is 6.07 Å². The number of non-ortho nitro benzene ring substituents is 1. The molecule has 0 aliphatic heterocycles. The number of hydrogen-bond donors (Lipinski definition) is 2. The molecule has 1 aromatic rings. The number of carboxylic acid groups (broad SMARTS) is 1. The highest BCUT2D eigenvalue weighted by Crippen LogP contribution is 2.29. The second kappa shape index (κ2) is 6.19. The third kappa shape index (κ3) is 4.39. The monoisotopic (exact) mass is 304 g/mol. The van der Waals surface area contributed by atoms with Gasteiger partial charge in [-0.25, -0.2) is 8.42 Å². The van der Waals surface area contributed by atoms with Crippen LogP contribution in [0.5, 0.6) is 5.75 Å². The molecule has 110 valence electrons. The summed E-state index contributed by atoms with van der Waals surface area (Å²) in [6.45, 7) is 0. The topological polar surface area (TPSA) is 136 Å². The molecule has 0 aliphatic rings. The number of rotatable bonds is 7. The number of methoxy groups -OCH3 is 1. The van der Waals surface area contributed by atoms with Crippen molar-refractivity contribution in [3.8, 4) is 5.75 Å². The number of hydrogen-bond acceptors (Lipinski definition) is 6. The van der Waals surface area contributed by atoms with Crippen LogP contribution >= 0.6 is 0 Å². The fourth-order valence-corrected chi connectivity index (χ4v) is 2.37. The van der Waals surface area contributed by atoms with Crippen LogP contribution in [0.3, 0.4) is 0 Å². The molecular weight excluding hydrogens is 292 g/mol. The number of nitrogens with one attached hydrogen (secondary N) is 1. The van der Waals surface area contributed by atoms with Crippen molar-refractivity contribution < 1.29 is 28.0 Å². The lowest BCUT2D eigenvalue weighted by Crippen LogP contribution is -2.19. The predicted molar refractivity (Wildman–Crippen MR) is 69.3 cm³/mol. The lowest BCUT2D eigenvalue weighted by Gasteiger charge is -2.10. The Labute approximate surface area is 114 Å². The molecule has 10 heteroatoms. The van der Waals surface area contributed by atoms with Crippen LogP contribution in [0, 0.1) is 10.1 Å². The second-order valence-electron chi connectivity index (χ2n) is 3.71. The Balaban J connectivity index is 3.03. The lowest BCUT2D eigenvalue weighted by atomic mass is 10.2. The molecule has 0 amide bonds. The minimum atomic E-state index is -3.94. The summed E-state index contributed by atoms with van der Waals surface area (Å²) in [6.07, 6.45) is -0.577. The molecule has 20 heavy (non-hydrogen) atoms. The van der Waals surface area contributed by atoms with Crippen LogP contribution in [0.15, 0.2) is 18.2 Å². The zero-order chi connectivity index (χ0) is 15.3. The Bertz CT molecular complexity index is 626. The van der Waals surface area contributed by atoms with Crippen LogP contribution in [-0.4, -0.2) is 37.3 Å². The predicted octanol–water partition coefficient (Wildman–Crippen LogP) is 0.820. The number of sulfonamides is 1. The van der Waals surface area contributed by atoms with Crippen molar-refractivity contribution in [3.63, 3.8) is 0 Å². The van der Waals surface area contributed by atoms with Gasteiger partial charge in [0.15, 0.2) is 0 Å². The Morgan fingerprint density at radius 3 is 2.65 bits per heavy atom. The largest absolute Gasteiger partial charge is 0.495 e. The quantitative estimate of drug-likeness (QED) is 0.562. The van der Waals surface area contributed by atoms with Crippen LogP contribution in [0.2, 0.25) is 0 Å². The number of nitro groups is 1. The normalized spacial score (nSPS) is 10.8. The van der Waals surface area contributed by atoms with Crippen LogP contribution in [0.25, 0.3) is 0 Å². The molecule has 2 N–H and O–H groups in total. The molecule has 0 saturated carbocycles. The fourth-order valence-electron chi connectivity index (χ4n) is 1.33. The summed E-state index contributed by atoms with van der Waals surface area (Å²) in [7, 11) is -2.66. The first-order valence-electron chi connectivity index (χ1n) is 5.30. The zero-order valence-corrected chi connectivity index (χ0v) is 11.2. The highest BCUT2D eigenvalue weighted by molar-refractivity contribution is 7.92. The van der Waals surface area contributed by atoms with Crippen molar-refractivity contribution in [2.45, 2.75) is 6.42 Å². The van der Waals surface area contributed by atoms with Crippen LogP contribution in [-0.2, 0) is 14.8 Å². The van der Waals surface area contributed by atoms with Crippen molar-refractivity contribution in [1.29, 1.82) is 0 Å². The first-order chi connectivity index (χ1) is 9.25. The molecule has 0 aliphatic carbocycles. The van der Waals surface area contributed by atoms with E-state index in [4.69, 9.17) is 9.84 Å². The van der Waals surface area contributed by atoms with E-state index in [-0.39, 0.29) is 17.1 Å². The van der Waals surface area contributed by atoms with Gasteiger partial charge in [0, 0.05) is 12.1 Å². The molecule has 0 heterocycles. The molecule has 0 atom stereocenters. The van der Waals surface area contributed by atoms with E-state index in [1.165, 1.54) is 13.2 Å². The summed E-state index contributed by atoms with van der Waals surface area (Å²) < 4.78 is 30.3. The molecule has 0 aromatic heterocycles. The van der Waals surface area contributed by atoms with Gasteiger partial charge in [0.05, 0.1) is 29.9 Å². The third-order valence-electron chi connectivity index (χ3n) is 2.24. The highest BCUT2D eigenvalue weighted by atomic mass is 32.2.